The molecule has 0 amide bonds. The fourth-order valence-electron chi connectivity index (χ4n) is 4.58. The van der Waals surface area contributed by atoms with E-state index in [4.69, 9.17) is 11.6 Å². The van der Waals surface area contributed by atoms with Gasteiger partial charge < -0.3 is 0 Å². The maximum Gasteiger partial charge on any atom is 0.224 e. The molecule has 0 radical (unpaired) electrons. The van der Waals surface area contributed by atoms with Gasteiger partial charge in [-0.05, 0) is 93.2 Å². The lowest BCUT2D eigenvalue weighted by Crippen LogP contribution is -2.26. The largest absolute Gasteiger partial charge is 0.281 e. The lowest BCUT2D eigenvalue weighted by atomic mass is 9.68. The van der Waals surface area contributed by atoms with Gasteiger partial charge in [0.25, 0.3) is 0 Å². The average Bonchev–Trinajstić information content (AvgIpc) is 2.56. The number of carbonyl (C=O) groups is 1. The maximum atomic E-state index is 11.3. The predicted molar refractivity (Wildman–Crippen MR) is 92.2 cm³/mol. The number of rotatable bonds is 3. The van der Waals surface area contributed by atoms with Gasteiger partial charge in [-0.15, -0.1) is 0 Å². The summed E-state index contributed by atoms with van der Waals surface area (Å²) >= 11 is 5.65. The predicted octanol–water partition coefficient (Wildman–Crippen LogP) is 5.84. The van der Waals surface area contributed by atoms with Crippen LogP contribution < -0.4 is 0 Å². The van der Waals surface area contributed by atoms with E-state index in [0.717, 1.165) is 30.6 Å². The first-order valence-corrected chi connectivity index (χ1v) is 9.27. The highest BCUT2D eigenvalue weighted by atomic mass is 35.5. The first-order valence-electron chi connectivity index (χ1n) is 8.89. The van der Waals surface area contributed by atoms with Gasteiger partial charge >= 0.3 is 0 Å². The van der Waals surface area contributed by atoms with E-state index in [1.54, 1.807) is 0 Å². The van der Waals surface area contributed by atoms with Crippen LogP contribution in [0.15, 0.2) is 24.3 Å². The van der Waals surface area contributed by atoms with Crippen molar-refractivity contribution in [1.82, 2.24) is 0 Å². The summed E-state index contributed by atoms with van der Waals surface area (Å²) in [6.07, 6.45) is 9.86. The molecule has 120 valence electrons. The number of hydrogen-bond donors (Lipinski definition) is 0. The van der Waals surface area contributed by atoms with Gasteiger partial charge in [0, 0.05) is 5.92 Å². The molecule has 2 aliphatic rings. The molecular weight excluding hydrogens is 292 g/mol. The van der Waals surface area contributed by atoms with Crippen LogP contribution in [0.3, 0.4) is 0 Å². The normalized spacial score (nSPS) is 32.6. The number of hydrogen-bond acceptors (Lipinski definition) is 1. The smallest absolute Gasteiger partial charge is 0.224 e. The highest BCUT2D eigenvalue weighted by Gasteiger charge is 2.32. The second kappa shape index (κ2) is 7.17. The molecular formula is C20H27ClO. The van der Waals surface area contributed by atoms with E-state index in [1.165, 1.54) is 49.7 Å². The lowest BCUT2D eigenvalue weighted by molar-refractivity contribution is -0.116. The van der Waals surface area contributed by atoms with Crippen molar-refractivity contribution in [3.05, 3.63) is 35.4 Å². The lowest BCUT2D eigenvalue weighted by Gasteiger charge is -2.37. The standard InChI is InChI=1S/C20H27ClO/c1-14-2-4-15(5-3-14)16-6-8-17(9-7-16)18-10-12-19(13-11-18)20(21)22/h2-5,16-19H,6-13H2,1H3. The van der Waals surface area contributed by atoms with Gasteiger partial charge in [0.05, 0.1) is 0 Å². The summed E-state index contributed by atoms with van der Waals surface area (Å²) < 4.78 is 0. The van der Waals surface area contributed by atoms with Gasteiger partial charge in [0.15, 0.2) is 0 Å². The van der Waals surface area contributed by atoms with Gasteiger partial charge in [-0.3, -0.25) is 4.79 Å². The molecule has 0 heterocycles. The molecule has 0 spiro atoms. The Morgan fingerprint density at radius 1 is 0.864 bits per heavy atom. The molecule has 3 rings (SSSR count). The van der Waals surface area contributed by atoms with E-state index >= 15 is 0 Å². The van der Waals surface area contributed by atoms with Crippen molar-refractivity contribution in [2.75, 3.05) is 0 Å². The molecule has 1 nitrogen and oxygen atoms in total. The minimum absolute atomic E-state index is 0.110. The summed E-state index contributed by atoms with van der Waals surface area (Å²) in [6.45, 7) is 2.16. The molecule has 2 heteroatoms. The van der Waals surface area contributed by atoms with Crippen LogP contribution in [-0.4, -0.2) is 5.24 Å². The second-order valence-electron chi connectivity index (χ2n) is 7.44. The van der Waals surface area contributed by atoms with E-state index < -0.39 is 0 Å². The molecule has 2 aliphatic carbocycles. The van der Waals surface area contributed by atoms with Crippen LogP contribution in [0.5, 0.6) is 0 Å². The first kappa shape index (κ1) is 16.1. The molecule has 0 unspecified atom stereocenters. The molecule has 2 saturated carbocycles. The highest BCUT2D eigenvalue weighted by Crippen LogP contribution is 2.44. The van der Waals surface area contributed by atoms with Crippen LogP contribution >= 0.6 is 11.6 Å². The molecule has 1 aromatic carbocycles. The summed E-state index contributed by atoms with van der Waals surface area (Å²) in [7, 11) is 0. The minimum atomic E-state index is -0.110. The average molecular weight is 319 g/mol. The second-order valence-corrected chi connectivity index (χ2v) is 7.81. The Hall–Kier alpha value is -0.820. The molecule has 0 saturated heterocycles. The number of halogens is 1. The van der Waals surface area contributed by atoms with Gasteiger partial charge in [-0.2, -0.15) is 0 Å². The van der Waals surface area contributed by atoms with Gasteiger partial charge in [-0.1, -0.05) is 29.8 Å². The van der Waals surface area contributed by atoms with Crippen LogP contribution in [0, 0.1) is 24.7 Å². The molecule has 0 bridgehead atoms. The van der Waals surface area contributed by atoms with Crippen LogP contribution in [0.1, 0.15) is 68.4 Å². The van der Waals surface area contributed by atoms with Crippen LogP contribution in [-0.2, 0) is 4.79 Å². The summed E-state index contributed by atoms with van der Waals surface area (Å²) in [5.74, 6) is 2.62. The molecule has 2 fully saturated rings. The Balaban J connectivity index is 1.50. The van der Waals surface area contributed by atoms with Crippen LogP contribution in [0.4, 0.5) is 0 Å². The molecule has 0 aromatic heterocycles. The molecule has 0 aliphatic heterocycles. The van der Waals surface area contributed by atoms with Crippen LogP contribution in [0.2, 0.25) is 0 Å². The summed E-state index contributed by atoms with van der Waals surface area (Å²) in [4.78, 5) is 11.3. The number of benzene rings is 1. The van der Waals surface area contributed by atoms with Crippen molar-refractivity contribution in [2.24, 2.45) is 17.8 Å². The third kappa shape index (κ3) is 3.74. The van der Waals surface area contributed by atoms with Crippen molar-refractivity contribution in [3.8, 4) is 0 Å². The Morgan fingerprint density at radius 2 is 1.36 bits per heavy atom. The zero-order chi connectivity index (χ0) is 15.5. The van der Waals surface area contributed by atoms with Crippen molar-refractivity contribution in [1.29, 1.82) is 0 Å². The molecule has 0 atom stereocenters. The van der Waals surface area contributed by atoms with Crippen LogP contribution in [0.25, 0.3) is 0 Å². The van der Waals surface area contributed by atoms with E-state index in [9.17, 15) is 4.79 Å². The summed E-state index contributed by atoms with van der Waals surface area (Å²) in [5.41, 5.74) is 2.88. The molecule has 1 aromatic rings. The fraction of sp³-hybridized carbons (Fsp3) is 0.650. The van der Waals surface area contributed by atoms with E-state index in [2.05, 4.69) is 31.2 Å². The zero-order valence-corrected chi connectivity index (χ0v) is 14.3. The highest BCUT2D eigenvalue weighted by molar-refractivity contribution is 6.63. The zero-order valence-electron chi connectivity index (χ0n) is 13.6. The fourth-order valence-corrected chi connectivity index (χ4v) is 4.80. The number of carbonyl (C=O) groups excluding carboxylic acids is 1. The van der Waals surface area contributed by atoms with Gasteiger partial charge in [0.1, 0.15) is 0 Å². The summed E-state index contributed by atoms with van der Waals surface area (Å²) in [6, 6.07) is 9.12. The van der Waals surface area contributed by atoms with Crippen molar-refractivity contribution >= 4 is 16.8 Å². The van der Waals surface area contributed by atoms with Crippen molar-refractivity contribution < 1.29 is 4.79 Å². The summed E-state index contributed by atoms with van der Waals surface area (Å²) in [5, 5.41) is -0.110. The first-order chi connectivity index (χ1) is 10.6. The SMILES string of the molecule is Cc1ccc(C2CCC(C3CCC(C(=O)Cl)CC3)CC2)cc1. The minimum Gasteiger partial charge on any atom is -0.281 e. The Bertz CT molecular complexity index is 491. The third-order valence-corrected chi connectivity index (χ3v) is 6.39. The maximum absolute atomic E-state index is 11.3. The topological polar surface area (TPSA) is 17.1 Å². The van der Waals surface area contributed by atoms with E-state index in [1.807, 2.05) is 0 Å². The monoisotopic (exact) mass is 318 g/mol. The van der Waals surface area contributed by atoms with E-state index in [-0.39, 0.29) is 11.2 Å². The Kier molecular flexibility index (Phi) is 5.23. The van der Waals surface area contributed by atoms with Gasteiger partial charge in [-0.25, -0.2) is 0 Å². The Labute approximate surface area is 139 Å². The molecule has 0 N–H and O–H groups in total. The quantitative estimate of drug-likeness (QED) is 0.640. The third-order valence-electron chi connectivity index (χ3n) is 6.08. The number of aryl methyl sites for hydroxylation is 1. The molecule has 22 heavy (non-hydrogen) atoms. The Morgan fingerprint density at radius 3 is 1.86 bits per heavy atom. The van der Waals surface area contributed by atoms with Crippen molar-refractivity contribution in [2.45, 2.75) is 64.2 Å². The van der Waals surface area contributed by atoms with E-state index in [0.29, 0.717) is 0 Å². The van der Waals surface area contributed by atoms with Gasteiger partial charge in [0.2, 0.25) is 5.24 Å². The van der Waals surface area contributed by atoms with Crippen molar-refractivity contribution in [3.63, 3.8) is 0 Å².